The maximum absolute atomic E-state index is 13.2. The van der Waals surface area contributed by atoms with Crippen molar-refractivity contribution in [3.63, 3.8) is 0 Å². The first kappa shape index (κ1) is 34.1. The Kier molecular flexibility index (Phi) is 9.44. The minimum atomic E-state index is -2.08. The summed E-state index contributed by atoms with van der Waals surface area (Å²) in [6.45, 7) is 10.3. The normalized spacial score (nSPS) is 43.7. The fraction of sp³-hybridized carbons (Fsp3) is 0.750. The van der Waals surface area contributed by atoms with Crippen molar-refractivity contribution in [2.75, 3.05) is 0 Å². The van der Waals surface area contributed by atoms with Crippen LogP contribution in [0.5, 0.6) is 0 Å². The lowest BCUT2D eigenvalue weighted by Crippen LogP contribution is -2.68. The summed E-state index contributed by atoms with van der Waals surface area (Å²) in [4.78, 5) is 51.4. The van der Waals surface area contributed by atoms with E-state index in [0.717, 1.165) is 39.5 Å². The van der Waals surface area contributed by atoms with Crippen LogP contribution in [0, 0.1) is 11.3 Å². The van der Waals surface area contributed by atoms with Crippen LogP contribution in [0.2, 0.25) is 0 Å². The Bertz CT molecular complexity index is 1220. The second-order valence-corrected chi connectivity index (χ2v) is 13.2. The SMILES string of the molecule is CCCCCCCC(=O)O[C@H]1/C(C)=C/[C@@H]2OC(=O)[C@]3(C)O[C@]23[C@H](OC(C)=O)[C@H]2[C@](C)(O)[C@H](O)C=C[C@]2(C)[C@@H](OC(C)=O)[C@@H]1O. The average molecular weight is 623 g/mol. The van der Waals surface area contributed by atoms with Crippen molar-refractivity contribution in [3.8, 4) is 0 Å². The predicted octanol–water partition coefficient (Wildman–Crippen LogP) is 2.20. The number of ether oxygens (including phenoxy) is 5. The summed E-state index contributed by atoms with van der Waals surface area (Å²) in [7, 11) is 0. The highest BCUT2D eigenvalue weighted by Gasteiger charge is 2.88. The summed E-state index contributed by atoms with van der Waals surface area (Å²) in [5, 5.41) is 34.9. The van der Waals surface area contributed by atoms with Gasteiger partial charge in [0, 0.05) is 31.6 Å². The Hall–Kier alpha value is -2.80. The lowest BCUT2D eigenvalue weighted by Gasteiger charge is -2.55. The molecular weight excluding hydrogens is 576 g/mol. The molecule has 12 heteroatoms. The van der Waals surface area contributed by atoms with Crippen LogP contribution in [0.25, 0.3) is 0 Å². The zero-order valence-corrected chi connectivity index (χ0v) is 26.5. The molecule has 11 atom stereocenters. The fourth-order valence-corrected chi connectivity index (χ4v) is 7.45. The first-order valence-electron chi connectivity index (χ1n) is 15.4. The second-order valence-electron chi connectivity index (χ2n) is 13.2. The van der Waals surface area contributed by atoms with Crippen molar-refractivity contribution in [1.82, 2.24) is 0 Å². The van der Waals surface area contributed by atoms with Crippen LogP contribution in [0.15, 0.2) is 23.8 Å². The molecule has 12 nitrogen and oxygen atoms in total. The van der Waals surface area contributed by atoms with Crippen LogP contribution < -0.4 is 0 Å². The number of epoxide rings is 1. The molecular formula is C32H46O12. The van der Waals surface area contributed by atoms with Crippen LogP contribution in [-0.2, 0) is 42.9 Å². The molecule has 2 fully saturated rings. The number of unbranched alkanes of at least 4 members (excludes halogenated alkanes) is 4. The molecule has 0 aromatic carbocycles. The molecule has 4 rings (SSSR count). The zero-order chi connectivity index (χ0) is 32.8. The maximum Gasteiger partial charge on any atom is 0.342 e. The summed E-state index contributed by atoms with van der Waals surface area (Å²) in [6.07, 6.45) is 0.122. The third-order valence-electron chi connectivity index (χ3n) is 9.81. The first-order chi connectivity index (χ1) is 20.5. The van der Waals surface area contributed by atoms with Crippen LogP contribution in [0.3, 0.4) is 0 Å². The summed E-state index contributed by atoms with van der Waals surface area (Å²) in [6, 6.07) is 0. The molecule has 246 valence electrons. The van der Waals surface area contributed by atoms with Gasteiger partial charge in [0.25, 0.3) is 0 Å². The van der Waals surface area contributed by atoms with Crippen LogP contribution in [0.4, 0.5) is 0 Å². The van der Waals surface area contributed by atoms with Gasteiger partial charge in [0.1, 0.15) is 24.4 Å². The molecule has 4 aliphatic rings. The summed E-state index contributed by atoms with van der Waals surface area (Å²) in [5.41, 5.74) is -6.66. The van der Waals surface area contributed by atoms with Gasteiger partial charge in [0.2, 0.25) is 0 Å². The van der Waals surface area contributed by atoms with Crippen molar-refractivity contribution >= 4 is 23.9 Å². The highest BCUT2D eigenvalue weighted by Crippen LogP contribution is 2.65. The molecule has 0 bridgehead atoms. The minimum Gasteiger partial charge on any atom is -0.459 e. The largest absolute Gasteiger partial charge is 0.459 e. The number of carbonyl (C=O) groups excluding carboxylic acids is 4. The average Bonchev–Trinajstić information content (AvgIpc) is 3.52. The van der Waals surface area contributed by atoms with Crippen molar-refractivity contribution in [3.05, 3.63) is 23.8 Å². The van der Waals surface area contributed by atoms with Crippen molar-refractivity contribution in [2.24, 2.45) is 11.3 Å². The second kappa shape index (κ2) is 12.2. The van der Waals surface area contributed by atoms with Crippen LogP contribution in [0.1, 0.15) is 87.0 Å². The van der Waals surface area contributed by atoms with Gasteiger partial charge in [-0.05, 0) is 38.8 Å². The van der Waals surface area contributed by atoms with E-state index in [9.17, 15) is 34.5 Å². The van der Waals surface area contributed by atoms with Crippen LogP contribution >= 0.6 is 0 Å². The van der Waals surface area contributed by atoms with E-state index in [2.05, 4.69) is 6.92 Å². The number of aliphatic hydroxyl groups excluding tert-OH is 2. The molecule has 0 amide bonds. The van der Waals surface area contributed by atoms with E-state index in [1.54, 1.807) is 13.8 Å². The van der Waals surface area contributed by atoms with Gasteiger partial charge in [-0.1, -0.05) is 51.7 Å². The standard InChI is InChI=1S/C32H46O12/c1-8-9-10-11-12-13-22(36)43-24-17(2)16-21-32(31(7,44-32)28(38)42-21)27(41-19(4)34)25-29(5,15-14-20(35)30(25,6)39)26(23(24)37)40-18(3)33/h14-16,20-21,23-27,35,37,39H,8-13H2,1-7H3/b17-16+/t20-,21+,23-,24+,25-,26+,27-,29+,30-,31+,32+/m1/s1. The maximum atomic E-state index is 13.2. The molecule has 44 heavy (non-hydrogen) atoms. The van der Waals surface area contributed by atoms with Gasteiger partial charge in [0.15, 0.2) is 23.4 Å². The van der Waals surface area contributed by atoms with E-state index in [-0.39, 0.29) is 12.0 Å². The highest BCUT2D eigenvalue weighted by atomic mass is 16.7. The zero-order valence-electron chi connectivity index (χ0n) is 26.5. The number of fused-ring (bicyclic) bond motifs is 1. The monoisotopic (exact) mass is 622 g/mol. The molecule has 3 N–H and O–H groups in total. The Balaban J connectivity index is 1.90. The number of carbonyl (C=O) groups is 4. The topological polar surface area (TPSA) is 178 Å². The molecule has 0 saturated carbocycles. The van der Waals surface area contributed by atoms with Gasteiger partial charge in [-0.15, -0.1) is 0 Å². The molecule has 2 aliphatic carbocycles. The number of esters is 4. The van der Waals surface area contributed by atoms with Gasteiger partial charge in [0.05, 0.1) is 5.60 Å². The molecule has 0 unspecified atom stereocenters. The Morgan fingerprint density at radius 2 is 1.57 bits per heavy atom. The summed E-state index contributed by atoms with van der Waals surface area (Å²) >= 11 is 0. The Morgan fingerprint density at radius 1 is 0.955 bits per heavy atom. The molecule has 1 spiro atoms. The van der Waals surface area contributed by atoms with Crippen molar-refractivity contribution in [1.29, 1.82) is 0 Å². The number of rotatable bonds is 9. The summed E-state index contributed by atoms with van der Waals surface area (Å²) < 4.78 is 29.3. The van der Waals surface area contributed by atoms with Gasteiger partial charge in [-0.3, -0.25) is 14.4 Å². The van der Waals surface area contributed by atoms with E-state index in [1.165, 1.54) is 32.1 Å². The van der Waals surface area contributed by atoms with E-state index >= 15 is 0 Å². The highest BCUT2D eigenvalue weighted by molar-refractivity contribution is 5.89. The van der Waals surface area contributed by atoms with Crippen molar-refractivity contribution in [2.45, 2.75) is 140 Å². The predicted molar refractivity (Wildman–Crippen MR) is 154 cm³/mol. The first-order valence-corrected chi connectivity index (χ1v) is 15.4. The fourth-order valence-electron chi connectivity index (χ4n) is 7.45. The molecule has 2 saturated heterocycles. The number of aliphatic hydroxyl groups is 3. The lowest BCUT2D eigenvalue weighted by atomic mass is 9.55. The Labute approximate surface area is 257 Å². The molecule has 0 radical (unpaired) electrons. The third-order valence-corrected chi connectivity index (χ3v) is 9.81. The van der Waals surface area contributed by atoms with Gasteiger partial charge in [-0.25, -0.2) is 4.79 Å². The smallest absolute Gasteiger partial charge is 0.342 e. The third kappa shape index (κ3) is 5.59. The summed E-state index contributed by atoms with van der Waals surface area (Å²) in [5.74, 6) is -4.22. The Morgan fingerprint density at radius 3 is 2.16 bits per heavy atom. The molecule has 2 aliphatic heterocycles. The molecule has 0 aromatic rings. The van der Waals surface area contributed by atoms with E-state index < -0.39 is 88.6 Å². The van der Waals surface area contributed by atoms with E-state index in [0.29, 0.717) is 6.42 Å². The quantitative estimate of drug-likeness (QED) is 0.112. The van der Waals surface area contributed by atoms with Gasteiger partial charge in [-0.2, -0.15) is 0 Å². The lowest BCUT2D eigenvalue weighted by molar-refractivity contribution is -0.226. The number of hydrogen-bond donors (Lipinski definition) is 3. The van der Waals surface area contributed by atoms with Gasteiger partial charge >= 0.3 is 23.9 Å². The van der Waals surface area contributed by atoms with Gasteiger partial charge < -0.3 is 39.0 Å². The van der Waals surface area contributed by atoms with E-state index in [4.69, 9.17) is 23.7 Å². The van der Waals surface area contributed by atoms with Crippen molar-refractivity contribution < 1.29 is 58.2 Å². The van der Waals surface area contributed by atoms with E-state index in [1.807, 2.05) is 0 Å². The molecule has 2 heterocycles. The molecule has 0 aromatic heterocycles. The number of hydrogen-bond acceptors (Lipinski definition) is 12. The minimum absolute atomic E-state index is 0.0944. The van der Waals surface area contributed by atoms with Crippen LogP contribution in [-0.4, -0.2) is 92.6 Å².